The van der Waals surface area contributed by atoms with Crippen LogP contribution in [-0.2, 0) is 20.0 Å². The first-order chi connectivity index (χ1) is 12.1. The molecule has 0 aromatic heterocycles. The number of aryl methyl sites for hydroxylation is 2. The monoisotopic (exact) mass is 398 g/mol. The van der Waals surface area contributed by atoms with Crippen molar-refractivity contribution in [1.82, 2.24) is 0 Å². The molecule has 2 aromatic carbocycles. The second kappa shape index (κ2) is 6.55. The molecule has 1 saturated heterocycles. The van der Waals surface area contributed by atoms with E-state index in [0.29, 0.717) is 35.5 Å². The largest absolute Gasteiger partial charge is 0.279 e. The van der Waals surface area contributed by atoms with Crippen molar-refractivity contribution in [2.24, 2.45) is 0 Å². The second-order valence-corrected chi connectivity index (χ2v) is 9.92. The lowest BCUT2D eigenvalue weighted by atomic mass is 10.2. The summed E-state index contributed by atoms with van der Waals surface area (Å²) in [5.74, 6) is -0.390. The van der Waals surface area contributed by atoms with Gasteiger partial charge in [-0.2, -0.15) is 0 Å². The number of sulfonamides is 2. The van der Waals surface area contributed by atoms with Crippen molar-refractivity contribution in [1.29, 1.82) is 0 Å². The number of benzene rings is 2. The summed E-state index contributed by atoms with van der Waals surface area (Å²) in [6.45, 7) is 3.63. The summed E-state index contributed by atoms with van der Waals surface area (Å²) in [5, 5.41) is 0. The van der Waals surface area contributed by atoms with Crippen molar-refractivity contribution in [3.05, 3.63) is 53.3 Å². The fraction of sp³-hybridized carbons (Fsp3) is 0.294. The SMILES string of the molecule is Cc1cc(N2CCCS2(=O)=O)ccc1NS(=O)(=O)c1ccc(F)cc1C. The summed E-state index contributed by atoms with van der Waals surface area (Å²) in [4.78, 5) is -0.00972. The van der Waals surface area contributed by atoms with Gasteiger partial charge in [0.1, 0.15) is 5.82 Å². The molecular formula is C17H19FN2O4S2. The van der Waals surface area contributed by atoms with Gasteiger partial charge in [0.05, 0.1) is 22.0 Å². The van der Waals surface area contributed by atoms with Crippen LogP contribution in [0.15, 0.2) is 41.3 Å². The van der Waals surface area contributed by atoms with Gasteiger partial charge >= 0.3 is 0 Å². The molecule has 0 unspecified atom stereocenters. The molecule has 0 spiro atoms. The lowest BCUT2D eigenvalue weighted by molar-refractivity contribution is 0.597. The van der Waals surface area contributed by atoms with E-state index in [2.05, 4.69) is 4.72 Å². The van der Waals surface area contributed by atoms with Crippen molar-refractivity contribution < 1.29 is 21.2 Å². The van der Waals surface area contributed by atoms with E-state index in [1.54, 1.807) is 19.1 Å². The number of rotatable bonds is 4. The summed E-state index contributed by atoms with van der Waals surface area (Å²) in [5.41, 5.74) is 1.75. The van der Waals surface area contributed by atoms with Crippen LogP contribution in [0.25, 0.3) is 0 Å². The minimum Gasteiger partial charge on any atom is -0.279 e. The zero-order valence-corrected chi connectivity index (χ0v) is 16.0. The third-order valence-electron chi connectivity index (χ3n) is 4.27. The number of hydrogen-bond acceptors (Lipinski definition) is 4. The Morgan fingerprint density at radius 3 is 2.38 bits per heavy atom. The van der Waals surface area contributed by atoms with Crippen LogP contribution in [0.3, 0.4) is 0 Å². The van der Waals surface area contributed by atoms with Gasteiger partial charge in [-0.1, -0.05) is 0 Å². The van der Waals surface area contributed by atoms with Gasteiger partial charge in [0.25, 0.3) is 10.0 Å². The van der Waals surface area contributed by atoms with Crippen molar-refractivity contribution in [2.45, 2.75) is 25.2 Å². The third kappa shape index (κ3) is 3.54. The van der Waals surface area contributed by atoms with Gasteiger partial charge in [-0.3, -0.25) is 9.03 Å². The quantitative estimate of drug-likeness (QED) is 0.858. The Kier molecular flexibility index (Phi) is 4.70. The first-order valence-corrected chi connectivity index (χ1v) is 11.1. The standard InChI is InChI=1S/C17H19FN2O4S2/c1-12-11-15(20-8-3-9-25(20,21)22)5-6-16(12)19-26(23,24)17-7-4-14(18)10-13(17)2/h4-7,10-11,19H,3,8-9H2,1-2H3. The Bertz CT molecular complexity index is 1070. The van der Waals surface area contributed by atoms with Crippen LogP contribution in [0, 0.1) is 19.7 Å². The first kappa shape index (κ1) is 18.7. The highest BCUT2D eigenvalue weighted by Crippen LogP contribution is 2.29. The van der Waals surface area contributed by atoms with Gasteiger partial charge < -0.3 is 0 Å². The Morgan fingerprint density at radius 1 is 1.08 bits per heavy atom. The molecule has 1 heterocycles. The van der Waals surface area contributed by atoms with Crippen molar-refractivity contribution >= 4 is 31.4 Å². The molecule has 0 saturated carbocycles. The summed E-state index contributed by atoms with van der Waals surface area (Å²) < 4.78 is 66.3. The van der Waals surface area contributed by atoms with E-state index >= 15 is 0 Å². The molecule has 2 aromatic rings. The number of anilines is 2. The normalized spacial score (nSPS) is 16.7. The van der Waals surface area contributed by atoms with E-state index < -0.39 is 25.9 Å². The van der Waals surface area contributed by atoms with Crippen LogP contribution in [0.2, 0.25) is 0 Å². The van der Waals surface area contributed by atoms with Crippen LogP contribution >= 0.6 is 0 Å². The van der Waals surface area contributed by atoms with E-state index in [4.69, 9.17) is 0 Å². The summed E-state index contributed by atoms with van der Waals surface area (Å²) >= 11 is 0. The van der Waals surface area contributed by atoms with Gasteiger partial charge in [0, 0.05) is 6.54 Å². The molecular weight excluding hydrogens is 379 g/mol. The molecule has 3 rings (SSSR count). The van der Waals surface area contributed by atoms with E-state index in [0.717, 1.165) is 12.1 Å². The van der Waals surface area contributed by atoms with Crippen LogP contribution < -0.4 is 9.03 Å². The molecule has 0 aliphatic carbocycles. The van der Waals surface area contributed by atoms with Crippen molar-refractivity contribution in [3.63, 3.8) is 0 Å². The first-order valence-electron chi connectivity index (χ1n) is 8.00. The number of hydrogen-bond donors (Lipinski definition) is 1. The molecule has 26 heavy (non-hydrogen) atoms. The molecule has 1 aliphatic rings. The number of nitrogens with zero attached hydrogens (tertiary/aromatic N) is 1. The van der Waals surface area contributed by atoms with Crippen LogP contribution in [0.1, 0.15) is 17.5 Å². The third-order valence-corrected chi connectivity index (χ3v) is 7.66. The summed E-state index contributed by atoms with van der Waals surface area (Å²) in [7, 11) is -7.18. The molecule has 1 fully saturated rings. The van der Waals surface area contributed by atoms with Crippen LogP contribution in [0.4, 0.5) is 15.8 Å². The van der Waals surface area contributed by atoms with Gasteiger partial charge in [-0.25, -0.2) is 21.2 Å². The van der Waals surface area contributed by atoms with E-state index in [9.17, 15) is 21.2 Å². The van der Waals surface area contributed by atoms with Gasteiger partial charge in [0.15, 0.2) is 0 Å². The lowest BCUT2D eigenvalue weighted by Gasteiger charge is -2.19. The van der Waals surface area contributed by atoms with Gasteiger partial charge in [0.2, 0.25) is 10.0 Å². The average Bonchev–Trinajstić information content (AvgIpc) is 2.88. The Labute approximate surface area is 152 Å². The maximum Gasteiger partial charge on any atom is 0.262 e. The molecule has 9 heteroatoms. The topological polar surface area (TPSA) is 83.6 Å². The smallest absolute Gasteiger partial charge is 0.262 e. The lowest BCUT2D eigenvalue weighted by Crippen LogP contribution is -2.25. The number of nitrogens with one attached hydrogen (secondary N) is 1. The van der Waals surface area contributed by atoms with Crippen molar-refractivity contribution in [2.75, 3.05) is 21.3 Å². The molecule has 0 bridgehead atoms. The predicted octanol–water partition coefficient (Wildman–Crippen LogP) is 2.78. The average molecular weight is 398 g/mol. The predicted molar refractivity (Wildman–Crippen MR) is 98.9 cm³/mol. The number of halogens is 1. The minimum absolute atomic E-state index is 0.00972. The van der Waals surface area contributed by atoms with Crippen LogP contribution in [0.5, 0.6) is 0 Å². The molecule has 1 N–H and O–H groups in total. The highest BCUT2D eigenvalue weighted by Gasteiger charge is 2.28. The maximum absolute atomic E-state index is 13.2. The molecule has 140 valence electrons. The van der Waals surface area contributed by atoms with Gasteiger partial charge in [-0.15, -0.1) is 0 Å². The van der Waals surface area contributed by atoms with E-state index in [1.165, 1.54) is 23.4 Å². The second-order valence-electron chi connectivity index (χ2n) is 6.26. The van der Waals surface area contributed by atoms with E-state index in [-0.39, 0.29) is 10.6 Å². The fourth-order valence-corrected chi connectivity index (χ4v) is 5.88. The maximum atomic E-state index is 13.2. The zero-order chi connectivity index (χ0) is 19.1. The van der Waals surface area contributed by atoms with Crippen LogP contribution in [-0.4, -0.2) is 29.1 Å². The highest BCUT2D eigenvalue weighted by molar-refractivity contribution is 7.93. The molecule has 0 radical (unpaired) electrons. The minimum atomic E-state index is -3.89. The highest BCUT2D eigenvalue weighted by atomic mass is 32.2. The van der Waals surface area contributed by atoms with Gasteiger partial charge in [-0.05, 0) is 67.8 Å². The Balaban J connectivity index is 1.91. The molecule has 0 atom stereocenters. The Hall–Kier alpha value is -2.13. The summed E-state index contributed by atoms with van der Waals surface area (Å²) in [6, 6.07) is 8.21. The molecule has 0 amide bonds. The molecule has 6 nitrogen and oxygen atoms in total. The van der Waals surface area contributed by atoms with Crippen molar-refractivity contribution in [3.8, 4) is 0 Å². The zero-order valence-electron chi connectivity index (χ0n) is 14.4. The summed E-state index contributed by atoms with van der Waals surface area (Å²) in [6.07, 6.45) is 0.569. The van der Waals surface area contributed by atoms with E-state index in [1.807, 2.05) is 0 Å². The Morgan fingerprint density at radius 2 is 1.81 bits per heavy atom. The fourth-order valence-electron chi connectivity index (χ4n) is 2.96. The molecule has 1 aliphatic heterocycles.